The monoisotopic (exact) mass is 489 g/mol. The number of carbonyl (C=O) groups is 1. The van der Waals surface area contributed by atoms with Crippen LogP contribution in [0.25, 0.3) is 33.6 Å². The zero-order valence-corrected chi connectivity index (χ0v) is 20.5. The molecule has 184 valence electrons. The minimum absolute atomic E-state index is 0.0450. The quantitative estimate of drug-likeness (QED) is 0.334. The summed E-state index contributed by atoms with van der Waals surface area (Å²) in [5.74, 6) is 1.23. The predicted octanol–water partition coefficient (Wildman–Crippen LogP) is 5.30. The van der Waals surface area contributed by atoms with E-state index in [1.807, 2.05) is 95.9 Å². The lowest BCUT2D eigenvalue weighted by molar-refractivity contribution is 0.0763. The molecule has 0 saturated carbocycles. The fraction of sp³-hybridized carbons (Fsp3) is 0.200. The lowest BCUT2D eigenvalue weighted by atomic mass is 10.0. The van der Waals surface area contributed by atoms with Crippen LogP contribution in [0, 0.1) is 0 Å². The normalized spacial score (nSPS) is 14.5. The minimum Gasteiger partial charge on any atom is -0.337 e. The summed E-state index contributed by atoms with van der Waals surface area (Å²) in [6.45, 7) is 3.54. The number of fused-ring (bicyclic) bond motifs is 1. The second-order valence-electron chi connectivity index (χ2n) is 9.24. The predicted molar refractivity (Wildman–Crippen MR) is 143 cm³/mol. The van der Waals surface area contributed by atoms with Crippen molar-refractivity contribution >= 4 is 16.8 Å². The first-order valence-corrected chi connectivity index (χ1v) is 12.6. The van der Waals surface area contributed by atoms with E-state index in [1.54, 1.807) is 0 Å². The van der Waals surface area contributed by atoms with E-state index in [4.69, 9.17) is 9.51 Å². The molecule has 0 aliphatic carbocycles. The van der Waals surface area contributed by atoms with Gasteiger partial charge in [0, 0.05) is 42.7 Å². The maximum Gasteiger partial charge on any atom is 0.257 e. The third-order valence-electron chi connectivity index (χ3n) is 6.75. The van der Waals surface area contributed by atoms with E-state index in [2.05, 4.69) is 15.0 Å². The van der Waals surface area contributed by atoms with E-state index < -0.39 is 0 Å². The van der Waals surface area contributed by atoms with Crippen molar-refractivity contribution in [3.05, 3.63) is 102 Å². The number of benzene rings is 3. The Bertz CT molecular complexity index is 1520. The molecule has 2 aromatic heterocycles. The van der Waals surface area contributed by atoms with Crippen molar-refractivity contribution < 1.29 is 9.32 Å². The van der Waals surface area contributed by atoms with Gasteiger partial charge in [0.25, 0.3) is 11.8 Å². The van der Waals surface area contributed by atoms with Crippen molar-refractivity contribution in [2.45, 2.75) is 13.0 Å². The summed E-state index contributed by atoms with van der Waals surface area (Å²) in [5, 5.41) is 5.06. The Kier molecular flexibility index (Phi) is 6.44. The van der Waals surface area contributed by atoms with Gasteiger partial charge in [0.1, 0.15) is 0 Å². The van der Waals surface area contributed by atoms with Crippen molar-refractivity contribution in [3.8, 4) is 22.7 Å². The lowest BCUT2D eigenvalue weighted by Crippen LogP contribution is -2.35. The van der Waals surface area contributed by atoms with Crippen molar-refractivity contribution in [1.82, 2.24) is 24.9 Å². The Balaban J connectivity index is 1.19. The van der Waals surface area contributed by atoms with Gasteiger partial charge in [-0.25, -0.2) is 4.98 Å². The van der Waals surface area contributed by atoms with Crippen molar-refractivity contribution in [2.24, 2.45) is 0 Å². The van der Waals surface area contributed by atoms with Gasteiger partial charge in [0.2, 0.25) is 0 Å². The van der Waals surface area contributed by atoms with Gasteiger partial charge >= 0.3 is 0 Å². The number of hydrogen-bond donors (Lipinski definition) is 0. The largest absolute Gasteiger partial charge is 0.337 e. The first-order valence-electron chi connectivity index (χ1n) is 12.6. The Morgan fingerprint density at radius 2 is 1.51 bits per heavy atom. The number of pyridine rings is 1. The fourth-order valence-electron chi connectivity index (χ4n) is 4.83. The Labute approximate surface area is 215 Å². The molecule has 7 heteroatoms. The summed E-state index contributed by atoms with van der Waals surface area (Å²) in [6, 6.07) is 29.6. The zero-order chi connectivity index (χ0) is 25.0. The molecule has 3 aromatic carbocycles. The molecule has 0 atom stereocenters. The molecule has 1 amide bonds. The average molecular weight is 490 g/mol. The number of amides is 1. The van der Waals surface area contributed by atoms with Crippen LogP contribution in [0.3, 0.4) is 0 Å². The third kappa shape index (κ3) is 4.99. The standard InChI is InChI=1S/C30H27N5O2/c36-30(25-20-27(22-10-3-1-4-11-22)31-26-15-8-7-14-24(25)26)35-17-9-16-34(18-19-35)21-28-32-29(37-33-28)23-12-5-2-6-13-23/h1-8,10-15,20H,9,16-19,21H2. The first kappa shape index (κ1) is 23.1. The SMILES string of the molecule is O=C(c1cc(-c2ccccc2)nc2ccccc12)N1CCCN(Cc2noc(-c3ccccc3)n2)CC1. The van der Waals surface area contributed by atoms with E-state index in [-0.39, 0.29) is 5.91 Å². The van der Waals surface area contributed by atoms with Gasteiger partial charge in [-0.15, -0.1) is 0 Å². The van der Waals surface area contributed by atoms with Crippen LogP contribution in [0.4, 0.5) is 0 Å². The number of rotatable bonds is 5. The molecule has 37 heavy (non-hydrogen) atoms. The Morgan fingerprint density at radius 3 is 2.32 bits per heavy atom. The van der Waals surface area contributed by atoms with Crippen LogP contribution in [-0.4, -0.2) is 57.0 Å². The molecular weight excluding hydrogens is 462 g/mol. The topological polar surface area (TPSA) is 75.4 Å². The number of para-hydroxylation sites is 1. The second kappa shape index (κ2) is 10.3. The molecule has 1 aliphatic heterocycles. The number of nitrogens with zero attached hydrogens (tertiary/aromatic N) is 5. The van der Waals surface area contributed by atoms with Gasteiger partial charge in [0.05, 0.1) is 23.3 Å². The maximum absolute atomic E-state index is 13.8. The second-order valence-corrected chi connectivity index (χ2v) is 9.24. The van der Waals surface area contributed by atoms with E-state index >= 15 is 0 Å². The van der Waals surface area contributed by atoms with Crippen molar-refractivity contribution in [2.75, 3.05) is 26.2 Å². The first-order chi connectivity index (χ1) is 18.2. The van der Waals surface area contributed by atoms with Gasteiger partial charge in [-0.3, -0.25) is 9.69 Å². The molecule has 1 saturated heterocycles. The van der Waals surface area contributed by atoms with E-state index in [1.165, 1.54) is 0 Å². The molecule has 0 unspecified atom stereocenters. The molecule has 1 aliphatic rings. The lowest BCUT2D eigenvalue weighted by Gasteiger charge is -2.22. The van der Waals surface area contributed by atoms with Gasteiger partial charge in [-0.05, 0) is 30.7 Å². The summed E-state index contributed by atoms with van der Waals surface area (Å²) < 4.78 is 5.47. The smallest absolute Gasteiger partial charge is 0.257 e. The highest BCUT2D eigenvalue weighted by Crippen LogP contribution is 2.26. The van der Waals surface area contributed by atoms with Crippen LogP contribution < -0.4 is 0 Å². The van der Waals surface area contributed by atoms with Crippen LogP contribution in [0.15, 0.2) is 95.5 Å². The van der Waals surface area contributed by atoms with E-state index in [0.29, 0.717) is 36.9 Å². The summed E-state index contributed by atoms with van der Waals surface area (Å²) >= 11 is 0. The van der Waals surface area contributed by atoms with Gasteiger partial charge in [-0.2, -0.15) is 4.98 Å². The highest BCUT2D eigenvalue weighted by atomic mass is 16.5. The van der Waals surface area contributed by atoms with Crippen LogP contribution >= 0.6 is 0 Å². The number of carbonyl (C=O) groups excluding carboxylic acids is 1. The molecule has 6 rings (SSSR count). The summed E-state index contributed by atoms with van der Waals surface area (Å²) in [4.78, 5) is 27.5. The average Bonchev–Trinajstić information content (AvgIpc) is 3.30. The molecule has 1 fully saturated rings. The molecule has 0 bridgehead atoms. The van der Waals surface area contributed by atoms with Crippen molar-refractivity contribution in [1.29, 1.82) is 0 Å². The Morgan fingerprint density at radius 1 is 0.784 bits per heavy atom. The molecule has 5 aromatic rings. The molecule has 3 heterocycles. The minimum atomic E-state index is 0.0450. The van der Waals surface area contributed by atoms with Crippen LogP contribution in [0.1, 0.15) is 22.6 Å². The molecule has 7 nitrogen and oxygen atoms in total. The summed E-state index contributed by atoms with van der Waals surface area (Å²) in [7, 11) is 0. The summed E-state index contributed by atoms with van der Waals surface area (Å²) in [5.41, 5.74) is 4.25. The molecular formula is C30H27N5O2. The van der Waals surface area contributed by atoms with Crippen LogP contribution in [0.5, 0.6) is 0 Å². The maximum atomic E-state index is 13.8. The van der Waals surface area contributed by atoms with E-state index in [9.17, 15) is 4.79 Å². The van der Waals surface area contributed by atoms with Crippen LogP contribution in [-0.2, 0) is 6.54 Å². The number of hydrogen-bond acceptors (Lipinski definition) is 6. The molecule has 0 radical (unpaired) electrons. The van der Waals surface area contributed by atoms with Crippen LogP contribution in [0.2, 0.25) is 0 Å². The number of aromatic nitrogens is 3. The zero-order valence-electron chi connectivity index (χ0n) is 20.5. The Hall–Kier alpha value is -4.36. The summed E-state index contributed by atoms with van der Waals surface area (Å²) in [6.07, 6.45) is 0.879. The molecule has 0 N–H and O–H groups in total. The van der Waals surface area contributed by atoms with Gasteiger partial charge < -0.3 is 9.42 Å². The van der Waals surface area contributed by atoms with Crippen molar-refractivity contribution in [3.63, 3.8) is 0 Å². The molecule has 0 spiro atoms. The highest BCUT2D eigenvalue weighted by molar-refractivity contribution is 6.07. The van der Waals surface area contributed by atoms with Gasteiger partial charge in [-0.1, -0.05) is 71.9 Å². The third-order valence-corrected chi connectivity index (χ3v) is 6.75. The fourth-order valence-corrected chi connectivity index (χ4v) is 4.83. The highest BCUT2D eigenvalue weighted by Gasteiger charge is 2.24. The van der Waals surface area contributed by atoms with Gasteiger partial charge in [0.15, 0.2) is 5.82 Å². The van der Waals surface area contributed by atoms with E-state index in [0.717, 1.165) is 47.2 Å².